The van der Waals surface area contributed by atoms with Crippen LogP contribution in [0.15, 0.2) is 36.8 Å². The van der Waals surface area contributed by atoms with Crippen LogP contribution < -0.4 is 0 Å². The van der Waals surface area contributed by atoms with Crippen molar-refractivity contribution in [3.8, 4) is 11.3 Å². The summed E-state index contributed by atoms with van der Waals surface area (Å²) in [5, 5.41) is 0.731. The summed E-state index contributed by atoms with van der Waals surface area (Å²) in [5.41, 5.74) is 2.97. The Hall–Kier alpha value is -1.41. The second-order valence-corrected chi connectivity index (χ2v) is 3.67. The lowest BCUT2D eigenvalue weighted by Crippen LogP contribution is -1.87. The average molecular weight is 219 g/mol. The molecule has 0 atom stereocenters. The van der Waals surface area contributed by atoms with Crippen LogP contribution in [-0.2, 0) is 6.42 Å². The Bertz CT molecular complexity index is 454. The van der Waals surface area contributed by atoms with Crippen molar-refractivity contribution < 1.29 is 0 Å². The molecule has 2 aromatic rings. The van der Waals surface area contributed by atoms with Crippen LogP contribution in [0.1, 0.15) is 12.5 Å². The first kappa shape index (κ1) is 10.1. The molecule has 0 aliphatic rings. The Morgan fingerprint density at radius 2 is 2.13 bits per heavy atom. The average Bonchev–Trinajstić information content (AvgIpc) is 2.30. The van der Waals surface area contributed by atoms with Gasteiger partial charge < -0.3 is 0 Å². The standard InChI is InChI=1S/C12H11ClN2/c1-2-9-3-4-10(11(13)7-9)12-8-14-5-6-15-12/h3-8H,2H2,1H3. The first-order valence-corrected chi connectivity index (χ1v) is 5.24. The summed E-state index contributed by atoms with van der Waals surface area (Å²) in [5.74, 6) is 0. The zero-order valence-electron chi connectivity index (χ0n) is 8.44. The molecule has 0 aliphatic heterocycles. The Balaban J connectivity index is 2.46. The molecule has 76 valence electrons. The number of aryl methyl sites for hydroxylation is 1. The highest BCUT2D eigenvalue weighted by molar-refractivity contribution is 6.33. The third-order valence-corrected chi connectivity index (χ3v) is 2.59. The molecule has 1 heterocycles. The van der Waals surface area contributed by atoms with E-state index in [2.05, 4.69) is 23.0 Å². The third-order valence-electron chi connectivity index (χ3n) is 2.28. The van der Waals surface area contributed by atoms with Crippen molar-refractivity contribution in [3.63, 3.8) is 0 Å². The molecule has 0 saturated carbocycles. The molecular weight excluding hydrogens is 208 g/mol. The summed E-state index contributed by atoms with van der Waals surface area (Å²) >= 11 is 6.17. The van der Waals surface area contributed by atoms with Gasteiger partial charge in [-0.2, -0.15) is 0 Å². The van der Waals surface area contributed by atoms with Crippen LogP contribution in [0.2, 0.25) is 5.02 Å². The lowest BCUT2D eigenvalue weighted by Gasteiger charge is -2.04. The van der Waals surface area contributed by atoms with Crippen molar-refractivity contribution >= 4 is 11.6 Å². The Morgan fingerprint density at radius 3 is 2.73 bits per heavy atom. The van der Waals surface area contributed by atoms with Crippen molar-refractivity contribution in [2.24, 2.45) is 0 Å². The largest absolute Gasteiger partial charge is 0.261 e. The van der Waals surface area contributed by atoms with Crippen LogP contribution in [-0.4, -0.2) is 9.97 Å². The summed E-state index contributed by atoms with van der Waals surface area (Å²) in [6.45, 7) is 2.10. The van der Waals surface area contributed by atoms with E-state index in [4.69, 9.17) is 11.6 Å². The Kier molecular flexibility index (Phi) is 2.97. The topological polar surface area (TPSA) is 25.8 Å². The summed E-state index contributed by atoms with van der Waals surface area (Å²) in [6.07, 6.45) is 6.02. The molecule has 1 aromatic heterocycles. The van der Waals surface area contributed by atoms with Gasteiger partial charge >= 0.3 is 0 Å². The molecular formula is C12H11ClN2. The molecule has 3 heteroatoms. The van der Waals surface area contributed by atoms with Gasteiger partial charge in [0, 0.05) is 18.0 Å². The zero-order chi connectivity index (χ0) is 10.7. The van der Waals surface area contributed by atoms with E-state index in [1.165, 1.54) is 5.56 Å². The van der Waals surface area contributed by atoms with Crippen molar-refractivity contribution in [2.75, 3.05) is 0 Å². The molecule has 0 amide bonds. The SMILES string of the molecule is CCc1ccc(-c2cnccn2)c(Cl)c1. The number of rotatable bonds is 2. The highest BCUT2D eigenvalue weighted by Gasteiger charge is 2.04. The Morgan fingerprint density at radius 1 is 1.27 bits per heavy atom. The molecule has 0 fully saturated rings. The molecule has 0 radical (unpaired) electrons. The van der Waals surface area contributed by atoms with E-state index in [1.54, 1.807) is 18.6 Å². The first-order valence-electron chi connectivity index (χ1n) is 4.86. The predicted molar refractivity (Wildman–Crippen MR) is 61.9 cm³/mol. The predicted octanol–water partition coefficient (Wildman–Crippen LogP) is 3.36. The van der Waals surface area contributed by atoms with Gasteiger partial charge in [0.2, 0.25) is 0 Å². The highest BCUT2D eigenvalue weighted by Crippen LogP contribution is 2.26. The minimum atomic E-state index is 0.731. The number of nitrogens with zero attached hydrogens (tertiary/aromatic N) is 2. The maximum absolute atomic E-state index is 6.17. The number of hydrogen-bond donors (Lipinski definition) is 0. The van der Waals surface area contributed by atoms with Gasteiger partial charge in [-0.05, 0) is 18.1 Å². The van der Waals surface area contributed by atoms with Crippen LogP contribution in [0.3, 0.4) is 0 Å². The maximum atomic E-state index is 6.17. The summed E-state index contributed by atoms with van der Waals surface area (Å²) in [6, 6.07) is 6.03. The monoisotopic (exact) mass is 218 g/mol. The number of aromatic nitrogens is 2. The van der Waals surface area contributed by atoms with E-state index < -0.39 is 0 Å². The van der Waals surface area contributed by atoms with Crippen LogP contribution in [0.5, 0.6) is 0 Å². The van der Waals surface area contributed by atoms with Crippen LogP contribution in [0.25, 0.3) is 11.3 Å². The molecule has 0 spiro atoms. The number of benzene rings is 1. The van der Waals surface area contributed by atoms with E-state index in [-0.39, 0.29) is 0 Å². The molecule has 0 unspecified atom stereocenters. The van der Waals surface area contributed by atoms with Gasteiger partial charge in [0.05, 0.1) is 16.9 Å². The molecule has 2 nitrogen and oxygen atoms in total. The van der Waals surface area contributed by atoms with Crippen LogP contribution in [0, 0.1) is 0 Å². The van der Waals surface area contributed by atoms with Crippen LogP contribution in [0.4, 0.5) is 0 Å². The fraction of sp³-hybridized carbons (Fsp3) is 0.167. The lowest BCUT2D eigenvalue weighted by atomic mass is 10.1. The minimum absolute atomic E-state index is 0.731. The third kappa shape index (κ3) is 2.16. The Labute approximate surface area is 94.0 Å². The molecule has 2 rings (SSSR count). The molecule has 0 bridgehead atoms. The highest BCUT2D eigenvalue weighted by atomic mass is 35.5. The van der Waals surface area contributed by atoms with Crippen LogP contribution >= 0.6 is 11.6 Å². The summed E-state index contributed by atoms with van der Waals surface area (Å²) in [4.78, 5) is 8.24. The summed E-state index contributed by atoms with van der Waals surface area (Å²) in [7, 11) is 0. The van der Waals surface area contributed by atoms with Gasteiger partial charge in [0.25, 0.3) is 0 Å². The zero-order valence-corrected chi connectivity index (χ0v) is 9.20. The molecule has 0 N–H and O–H groups in total. The lowest BCUT2D eigenvalue weighted by molar-refractivity contribution is 1.14. The number of hydrogen-bond acceptors (Lipinski definition) is 2. The molecule has 0 aliphatic carbocycles. The first-order chi connectivity index (χ1) is 7.31. The number of halogens is 1. The van der Waals surface area contributed by atoms with Gasteiger partial charge in [0.1, 0.15) is 0 Å². The van der Waals surface area contributed by atoms with Gasteiger partial charge in [0.15, 0.2) is 0 Å². The maximum Gasteiger partial charge on any atom is 0.0900 e. The normalized spacial score (nSPS) is 10.3. The van der Waals surface area contributed by atoms with E-state index in [9.17, 15) is 0 Å². The van der Waals surface area contributed by atoms with Gasteiger partial charge in [-0.25, -0.2) is 0 Å². The van der Waals surface area contributed by atoms with Gasteiger partial charge in [-0.3, -0.25) is 9.97 Å². The second-order valence-electron chi connectivity index (χ2n) is 3.26. The van der Waals surface area contributed by atoms with Crippen molar-refractivity contribution in [1.29, 1.82) is 0 Å². The van der Waals surface area contributed by atoms with Gasteiger partial charge in [-0.1, -0.05) is 30.7 Å². The molecule has 1 aromatic carbocycles. The van der Waals surface area contributed by atoms with Crippen molar-refractivity contribution in [1.82, 2.24) is 9.97 Å². The summed E-state index contributed by atoms with van der Waals surface area (Å²) < 4.78 is 0. The quantitative estimate of drug-likeness (QED) is 0.773. The van der Waals surface area contributed by atoms with E-state index in [0.717, 1.165) is 22.7 Å². The smallest absolute Gasteiger partial charge is 0.0900 e. The van der Waals surface area contributed by atoms with E-state index >= 15 is 0 Å². The molecule has 0 saturated heterocycles. The fourth-order valence-corrected chi connectivity index (χ4v) is 1.72. The fourth-order valence-electron chi connectivity index (χ4n) is 1.42. The molecule has 15 heavy (non-hydrogen) atoms. The van der Waals surface area contributed by atoms with E-state index in [0.29, 0.717) is 0 Å². The van der Waals surface area contributed by atoms with E-state index in [1.807, 2.05) is 12.1 Å². The van der Waals surface area contributed by atoms with Gasteiger partial charge in [-0.15, -0.1) is 0 Å². The van der Waals surface area contributed by atoms with Crippen molar-refractivity contribution in [3.05, 3.63) is 47.4 Å². The minimum Gasteiger partial charge on any atom is -0.261 e. The van der Waals surface area contributed by atoms with Crippen molar-refractivity contribution in [2.45, 2.75) is 13.3 Å². The second kappa shape index (κ2) is 4.41.